The van der Waals surface area contributed by atoms with Gasteiger partial charge in [0.2, 0.25) is 11.8 Å². The van der Waals surface area contributed by atoms with Crippen molar-refractivity contribution in [2.45, 2.75) is 58.8 Å². The molecule has 0 unspecified atom stereocenters. The van der Waals surface area contributed by atoms with E-state index in [0.717, 1.165) is 23.1 Å². The van der Waals surface area contributed by atoms with Crippen LogP contribution in [0, 0.1) is 6.92 Å². The number of amides is 2. The zero-order valence-electron chi connectivity index (χ0n) is 21.2. The summed E-state index contributed by atoms with van der Waals surface area (Å²) >= 11 is 0. The molecule has 0 aliphatic heterocycles. The molecule has 0 saturated heterocycles. The summed E-state index contributed by atoms with van der Waals surface area (Å²) in [6, 6.07) is 18.2. The first-order chi connectivity index (χ1) is 17.3. The molecule has 0 bridgehead atoms. The molecule has 0 aliphatic rings. The number of aromatic nitrogens is 4. The number of rotatable bonds is 9. The number of para-hydroxylation sites is 1. The third-order valence-electron chi connectivity index (χ3n) is 6.40. The maximum atomic E-state index is 13.9. The SMILES string of the molecule is CCC(C)(C)NC(=O)[C@@H](c1cccnc1)N(Cc1ccc(C)cc1)C(=O)Cn1nnc2ccccc21. The fraction of sp³-hybridized carbons (Fsp3) is 0.321. The van der Waals surface area contributed by atoms with Gasteiger partial charge in [-0.25, -0.2) is 4.68 Å². The Bertz CT molecular complexity index is 1330. The number of pyridine rings is 1. The van der Waals surface area contributed by atoms with E-state index in [4.69, 9.17) is 0 Å². The first-order valence-corrected chi connectivity index (χ1v) is 12.1. The summed E-state index contributed by atoms with van der Waals surface area (Å²) in [7, 11) is 0. The highest BCUT2D eigenvalue weighted by molar-refractivity contribution is 5.89. The van der Waals surface area contributed by atoms with Gasteiger partial charge < -0.3 is 10.2 Å². The summed E-state index contributed by atoms with van der Waals surface area (Å²) in [5, 5.41) is 11.5. The number of nitrogens with zero attached hydrogens (tertiary/aromatic N) is 5. The van der Waals surface area contributed by atoms with Crippen molar-refractivity contribution < 1.29 is 9.59 Å². The van der Waals surface area contributed by atoms with E-state index in [1.165, 1.54) is 0 Å². The topological polar surface area (TPSA) is 93.0 Å². The van der Waals surface area contributed by atoms with Crippen molar-refractivity contribution in [2.75, 3.05) is 0 Å². The van der Waals surface area contributed by atoms with Gasteiger partial charge in [0, 0.05) is 30.0 Å². The molecular formula is C28H32N6O2. The van der Waals surface area contributed by atoms with Crippen LogP contribution in [0.15, 0.2) is 73.1 Å². The van der Waals surface area contributed by atoms with Crippen LogP contribution < -0.4 is 5.32 Å². The molecule has 2 amide bonds. The lowest BCUT2D eigenvalue weighted by atomic mass is 9.99. The molecule has 8 heteroatoms. The van der Waals surface area contributed by atoms with E-state index >= 15 is 0 Å². The minimum atomic E-state index is -0.867. The number of carbonyl (C=O) groups is 2. The highest BCUT2D eigenvalue weighted by Crippen LogP contribution is 2.26. The Morgan fingerprint density at radius 3 is 2.50 bits per heavy atom. The lowest BCUT2D eigenvalue weighted by Gasteiger charge is -2.34. The molecule has 0 saturated carbocycles. The maximum Gasteiger partial charge on any atom is 0.247 e. The van der Waals surface area contributed by atoms with Crippen LogP contribution in [0.4, 0.5) is 0 Å². The minimum absolute atomic E-state index is 0.0480. The third-order valence-corrected chi connectivity index (χ3v) is 6.40. The summed E-state index contributed by atoms with van der Waals surface area (Å²) in [5.74, 6) is -0.497. The lowest BCUT2D eigenvalue weighted by molar-refractivity contribution is -0.143. The van der Waals surface area contributed by atoms with E-state index < -0.39 is 11.6 Å². The molecule has 1 N–H and O–H groups in total. The van der Waals surface area contributed by atoms with Crippen molar-refractivity contribution in [3.63, 3.8) is 0 Å². The van der Waals surface area contributed by atoms with E-state index in [0.29, 0.717) is 11.1 Å². The van der Waals surface area contributed by atoms with E-state index in [2.05, 4.69) is 20.6 Å². The first kappa shape index (κ1) is 25.0. The maximum absolute atomic E-state index is 13.9. The van der Waals surface area contributed by atoms with Gasteiger partial charge >= 0.3 is 0 Å². The Morgan fingerprint density at radius 2 is 1.81 bits per heavy atom. The van der Waals surface area contributed by atoms with Gasteiger partial charge in [-0.05, 0) is 51.0 Å². The zero-order valence-corrected chi connectivity index (χ0v) is 21.2. The molecule has 186 valence electrons. The summed E-state index contributed by atoms with van der Waals surface area (Å²) in [5.41, 5.74) is 3.73. The predicted molar refractivity (Wildman–Crippen MR) is 139 cm³/mol. The number of hydrogen-bond acceptors (Lipinski definition) is 5. The summed E-state index contributed by atoms with van der Waals surface area (Å²) < 4.78 is 1.58. The van der Waals surface area contributed by atoms with Crippen LogP contribution in [-0.4, -0.2) is 42.2 Å². The van der Waals surface area contributed by atoms with Crippen LogP contribution in [-0.2, 0) is 22.7 Å². The molecule has 2 aromatic heterocycles. The number of carbonyl (C=O) groups excluding carboxylic acids is 2. The molecule has 4 aromatic rings. The standard InChI is InChI=1S/C28H32N6O2/c1-5-28(3,4)30-27(36)26(22-9-8-16-29-17-22)33(18-21-14-12-20(2)13-15-21)25(35)19-34-24-11-7-6-10-23(24)31-32-34/h6-17,26H,5,18-19H2,1-4H3,(H,30,36)/t26-/m1/s1. The quantitative estimate of drug-likeness (QED) is 0.384. The van der Waals surface area contributed by atoms with Crippen LogP contribution >= 0.6 is 0 Å². The number of aryl methyl sites for hydroxylation is 1. The van der Waals surface area contributed by atoms with Crippen LogP contribution in [0.2, 0.25) is 0 Å². The smallest absolute Gasteiger partial charge is 0.247 e. The Balaban J connectivity index is 1.74. The second kappa shape index (κ2) is 10.7. The molecule has 0 fully saturated rings. The highest BCUT2D eigenvalue weighted by atomic mass is 16.2. The Labute approximate surface area is 211 Å². The Morgan fingerprint density at radius 1 is 1.06 bits per heavy atom. The average Bonchev–Trinajstić information content (AvgIpc) is 3.28. The van der Waals surface area contributed by atoms with Crippen LogP contribution in [0.5, 0.6) is 0 Å². The summed E-state index contributed by atoms with van der Waals surface area (Å²) in [6.07, 6.45) is 4.04. The van der Waals surface area contributed by atoms with Gasteiger partial charge in [-0.2, -0.15) is 0 Å². The largest absolute Gasteiger partial charge is 0.349 e. The molecule has 0 spiro atoms. The monoisotopic (exact) mass is 484 g/mol. The van der Waals surface area contributed by atoms with Crippen LogP contribution in [0.1, 0.15) is 49.9 Å². The molecule has 4 rings (SSSR count). The van der Waals surface area contributed by atoms with Crippen molar-refractivity contribution in [1.29, 1.82) is 0 Å². The number of fused-ring (bicyclic) bond motifs is 1. The fourth-order valence-corrected chi connectivity index (χ4v) is 3.97. The average molecular weight is 485 g/mol. The molecule has 2 heterocycles. The van der Waals surface area contributed by atoms with Crippen molar-refractivity contribution in [3.05, 3.63) is 89.7 Å². The van der Waals surface area contributed by atoms with Crippen LogP contribution in [0.3, 0.4) is 0 Å². The highest BCUT2D eigenvalue weighted by Gasteiger charge is 2.34. The summed E-state index contributed by atoms with van der Waals surface area (Å²) in [4.78, 5) is 33.5. The molecule has 36 heavy (non-hydrogen) atoms. The molecule has 1 atom stereocenters. The van der Waals surface area contributed by atoms with Gasteiger partial charge in [0.1, 0.15) is 18.1 Å². The van der Waals surface area contributed by atoms with Crippen molar-refractivity contribution in [1.82, 2.24) is 30.2 Å². The van der Waals surface area contributed by atoms with Crippen LogP contribution in [0.25, 0.3) is 11.0 Å². The predicted octanol–water partition coefficient (Wildman–Crippen LogP) is 4.21. The lowest BCUT2D eigenvalue weighted by Crippen LogP contribution is -2.50. The normalized spacial score (nSPS) is 12.3. The second-order valence-electron chi connectivity index (χ2n) is 9.66. The van der Waals surface area contributed by atoms with Gasteiger partial charge in [-0.1, -0.05) is 60.2 Å². The number of nitrogens with one attached hydrogen (secondary N) is 1. The Hall–Kier alpha value is -4.07. The van der Waals surface area contributed by atoms with E-state index in [1.54, 1.807) is 28.0 Å². The number of benzene rings is 2. The first-order valence-electron chi connectivity index (χ1n) is 12.1. The third kappa shape index (κ3) is 5.76. The van der Waals surface area contributed by atoms with Crippen molar-refractivity contribution >= 4 is 22.8 Å². The fourth-order valence-electron chi connectivity index (χ4n) is 3.97. The van der Waals surface area contributed by atoms with Gasteiger partial charge in [0.15, 0.2) is 0 Å². The second-order valence-corrected chi connectivity index (χ2v) is 9.66. The van der Waals surface area contributed by atoms with E-state index in [1.807, 2.05) is 82.3 Å². The molecule has 0 radical (unpaired) electrons. The Kier molecular flexibility index (Phi) is 7.43. The van der Waals surface area contributed by atoms with Gasteiger partial charge in [-0.15, -0.1) is 5.10 Å². The van der Waals surface area contributed by atoms with Gasteiger partial charge in [0.05, 0.1) is 5.52 Å². The molecular weight excluding hydrogens is 452 g/mol. The minimum Gasteiger partial charge on any atom is -0.349 e. The van der Waals surface area contributed by atoms with E-state index in [-0.39, 0.29) is 24.9 Å². The van der Waals surface area contributed by atoms with E-state index in [9.17, 15) is 9.59 Å². The molecule has 8 nitrogen and oxygen atoms in total. The summed E-state index contributed by atoms with van der Waals surface area (Å²) in [6.45, 7) is 8.18. The number of hydrogen-bond donors (Lipinski definition) is 1. The van der Waals surface area contributed by atoms with Gasteiger partial charge in [-0.3, -0.25) is 14.6 Å². The zero-order chi connectivity index (χ0) is 25.7. The molecule has 2 aromatic carbocycles. The van der Waals surface area contributed by atoms with Crippen molar-refractivity contribution in [3.8, 4) is 0 Å². The van der Waals surface area contributed by atoms with Crippen molar-refractivity contribution in [2.24, 2.45) is 0 Å². The molecule has 0 aliphatic carbocycles. The van der Waals surface area contributed by atoms with Gasteiger partial charge in [0.25, 0.3) is 0 Å².